The number of nitrogens with two attached hydrogens (primary N) is 1. The molecule has 0 aliphatic heterocycles. The molecule has 0 aliphatic rings. The smallest absolute Gasteiger partial charge is 0.268 e. The van der Waals surface area contributed by atoms with Gasteiger partial charge in [0.25, 0.3) is 5.91 Å². The molecule has 0 atom stereocenters. The Balaban J connectivity index is 2.14. The van der Waals surface area contributed by atoms with Crippen LogP contribution in [0.15, 0.2) is 6.07 Å². The number of hydrogen-bond acceptors (Lipinski definition) is 5. The number of rotatable bonds is 3. The summed E-state index contributed by atoms with van der Waals surface area (Å²) in [6, 6.07) is 1.80. The third-order valence-electron chi connectivity index (χ3n) is 2.27. The summed E-state index contributed by atoms with van der Waals surface area (Å²) in [5.74, 6) is 0.282. The first-order chi connectivity index (χ1) is 8.10. The van der Waals surface area contributed by atoms with Crippen molar-refractivity contribution in [1.82, 2.24) is 15.2 Å². The van der Waals surface area contributed by atoms with Crippen LogP contribution in [0.2, 0.25) is 0 Å². The highest BCUT2D eigenvalue weighted by molar-refractivity contribution is 7.17. The molecule has 0 spiro atoms. The molecule has 4 N–H and O–H groups in total. The Hall–Kier alpha value is -1.89. The molecule has 0 saturated heterocycles. The van der Waals surface area contributed by atoms with Crippen molar-refractivity contribution in [3.05, 3.63) is 22.3 Å². The lowest BCUT2D eigenvalue weighted by atomic mass is 10.3. The summed E-state index contributed by atoms with van der Waals surface area (Å²) in [5.41, 5.74) is 7.15. The van der Waals surface area contributed by atoms with Crippen LogP contribution < -0.4 is 11.1 Å². The van der Waals surface area contributed by atoms with Gasteiger partial charge in [0.1, 0.15) is 4.88 Å². The Morgan fingerprint density at radius 3 is 2.94 bits per heavy atom. The number of nitrogen functional groups attached to an aromatic ring is 1. The summed E-state index contributed by atoms with van der Waals surface area (Å²) in [5, 5.41) is 9.91. The number of carbonyl (C=O) groups is 1. The number of aromatic nitrogens is 3. The van der Waals surface area contributed by atoms with E-state index < -0.39 is 0 Å². The molecule has 0 fully saturated rings. The van der Waals surface area contributed by atoms with E-state index >= 15 is 0 Å². The molecular formula is C10H13N5OS. The largest absolute Gasteiger partial charge is 0.375 e. The number of H-pyrrole nitrogens is 1. The average Bonchev–Trinajstić information content (AvgIpc) is 2.85. The summed E-state index contributed by atoms with van der Waals surface area (Å²) < 4.78 is 0. The molecule has 6 nitrogen and oxygen atoms in total. The molecule has 2 aromatic heterocycles. The minimum atomic E-state index is -0.231. The predicted molar refractivity (Wildman–Crippen MR) is 67.2 cm³/mol. The lowest BCUT2D eigenvalue weighted by molar-refractivity contribution is 0.102. The van der Waals surface area contributed by atoms with E-state index in [1.807, 2.05) is 6.92 Å². The molecule has 0 aromatic carbocycles. The molecule has 0 bridgehead atoms. The van der Waals surface area contributed by atoms with Crippen LogP contribution in [0.5, 0.6) is 0 Å². The van der Waals surface area contributed by atoms with Gasteiger partial charge >= 0.3 is 0 Å². The topological polar surface area (TPSA) is 96.7 Å². The minimum absolute atomic E-state index is 0.231. The maximum absolute atomic E-state index is 11.9. The second-order valence-electron chi connectivity index (χ2n) is 3.55. The van der Waals surface area contributed by atoms with Crippen molar-refractivity contribution in [2.45, 2.75) is 20.3 Å². The van der Waals surface area contributed by atoms with E-state index in [2.05, 4.69) is 20.5 Å². The molecule has 0 unspecified atom stereocenters. The van der Waals surface area contributed by atoms with Gasteiger partial charge in [0.15, 0.2) is 10.9 Å². The van der Waals surface area contributed by atoms with Crippen LogP contribution in [-0.2, 0) is 6.42 Å². The fourth-order valence-electron chi connectivity index (χ4n) is 1.41. The molecule has 0 aliphatic carbocycles. The normalized spacial score (nSPS) is 10.5. The number of thiazole rings is 1. The fourth-order valence-corrected chi connectivity index (χ4v) is 2.14. The van der Waals surface area contributed by atoms with Gasteiger partial charge in [0, 0.05) is 11.8 Å². The molecule has 90 valence electrons. The monoisotopic (exact) mass is 251 g/mol. The Morgan fingerprint density at radius 1 is 1.65 bits per heavy atom. The van der Waals surface area contributed by atoms with Crippen molar-refractivity contribution in [2.24, 2.45) is 0 Å². The highest BCUT2D eigenvalue weighted by Gasteiger charge is 2.15. The van der Waals surface area contributed by atoms with Crippen molar-refractivity contribution in [3.8, 4) is 0 Å². The van der Waals surface area contributed by atoms with Gasteiger partial charge in [-0.1, -0.05) is 18.3 Å². The van der Waals surface area contributed by atoms with Gasteiger partial charge in [-0.3, -0.25) is 9.89 Å². The van der Waals surface area contributed by atoms with Crippen LogP contribution in [0, 0.1) is 6.92 Å². The third kappa shape index (κ3) is 2.44. The van der Waals surface area contributed by atoms with Gasteiger partial charge in [-0.2, -0.15) is 5.10 Å². The second-order valence-corrected chi connectivity index (χ2v) is 4.58. The predicted octanol–water partition coefficient (Wildman–Crippen LogP) is 1.57. The van der Waals surface area contributed by atoms with Crippen LogP contribution >= 0.6 is 11.3 Å². The van der Waals surface area contributed by atoms with E-state index in [1.54, 1.807) is 13.0 Å². The second kappa shape index (κ2) is 4.54. The van der Waals surface area contributed by atoms with E-state index in [0.29, 0.717) is 21.5 Å². The Kier molecular flexibility index (Phi) is 3.10. The summed E-state index contributed by atoms with van der Waals surface area (Å²) >= 11 is 1.17. The van der Waals surface area contributed by atoms with Gasteiger partial charge in [-0.05, 0) is 13.3 Å². The summed E-state index contributed by atoms with van der Waals surface area (Å²) in [7, 11) is 0. The lowest BCUT2D eigenvalue weighted by Gasteiger charge is -1.98. The number of carbonyl (C=O) groups excluding carboxylic acids is 1. The zero-order valence-corrected chi connectivity index (χ0v) is 10.4. The molecule has 1 amide bonds. The van der Waals surface area contributed by atoms with Crippen LogP contribution in [-0.4, -0.2) is 21.1 Å². The number of hydrogen-bond donors (Lipinski definition) is 3. The van der Waals surface area contributed by atoms with E-state index in [9.17, 15) is 4.79 Å². The van der Waals surface area contributed by atoms with Gasteiger partial charge in [-0.15, -0.1) is 0 Å². The molecular weight excluding hydrogens is 238 g/mol. The van der Waals surface area contributed by atoms with E-state index in [-0.39, 0.29) is 5.91 Å². The SMILES string of the molecule is CCc1cc(NC(=O)c2sc(N)nc2C)n[nH]1. The lowest BCUT2D eigenvalue weighted by Crippen LogP contribution is -2.11. The highest BCUT2D eigenvalue weighted by Crippen LogP contribution is 2.20. The van der Waals surface area contributed by atoms with Crippen molar-refractivity contribution in [1.29, 1.82) is 0 Å². The zero-order valence-electron chi connectivity index (χ0n) is 9.57. The molecule has 2 rings (SSSR count). The van der Waals surface area contributed by atoms with Crippen LogP contribution in [0.3, 0.4) is 0 Å². The van der Waals surface area contributed by atoms with Gasteiger partial charge in [0.05, 0.1) is 5.69 Å². The molecule has 7 heteroatoms. The van der Waals surface area contributed by atoms with Gasteiger partial charge in [0.2, 0.25) is 0 Å². The quantitative estimate of drug-likeness (QED) is 0.771. The van der Waals surface area contributed by atoms with Gasteiger partial charge < -0.3 is 11.1 Å². The van der Waals surface area contributed by atoms with Gasteiger partial charge in [-0.25, -0.2) is 4.98 Å². The van der Waals surface area contributed by atoms with Crippen LogP contribution in [0.4, 0.5) is 10.9 Å². The first-order valence-corrected chi connectivity index (χ1v) is 6.00. The fraction of sp³-hybridized carbons (Fsp3) is 0.300. The molecule has 17 heavy (non-hydrogen) atoms. The molecule has 2 heterocycles. The molecule has 2 aromatic rings. The molecule has 0 radical (unpaired) electrons. The average molecular weight is 251 g/mol. The summed E-state index contributed by atoms with van der Waals surface area (Å²) in [4.78, 5) is 16.4. The highest BCUT2D eigenvalue weighted by atomic mass is 32.1. The first-order valence-electron chi connectivity index (χ1n) is 5.18. The van der Waals surface area contributed by atoms with Crippen molar-refractivity contribution >= 4 is 28.2 Å². The first kappa shape index (κ1) is 11.6. The van der Waals surface area contributed by atoms with Crippen molar-refractivity contribution in [2.75, 3.05) is 11.1 Å². The maximum Gasteiger partial charge on any atom is 0.268 e. The van der Waals surface area contributed by atoms with Crippen LogP contribution in [0.25, 0.3) is 0 Å². The number of aromatic amines is 1. The number of amides is 1. The Bertz CT molecular complexity index is 545. The van der Waals surface area contributed by atoms with Crippen molar-refractivity contribution < 1.29 is 4.79 Å². The summed E-state index contributed by atoms with van der Waals surface area (Å²) in [6.07, 6.45) is 0.843. The van der Waals surface area contributed by atoms with Crippen LogP contribution in [0.1, 0.15) is 28.0 Å². The Morgan fingerprint density at radius 2 is 2.41 bits per heavy atom. The van der Waals surface area contributed by atoms with E-state index in [4.69, 9.17) is 5.73 Å². The zero-order chi connectivity index (χ0) is 12.4. The number of nitrogens with one attached hydrogen (secondary N) is 2. The Labute approximate surface area is 102 Å². The minimum Gasteiger partial charge on any atom is -0.375 e. The molecule has 0 saturated carbocycles. The standard InChI is InChI=1S/C10H13N5OS/c1-3-6-4-7(15-14-6)13-9(16)8-5(2)12-10(11)17-8/h4H,3H2,1-2H3,(H2,11,12)(H2,13,14,15,16). The van der Waals surface area contributed by atoms with Crippen molar-refractivity contribution in [3.63, 3.8) is 0 Å². The third-order valence-corrected chi connectivity index (χ3v) is 3.26. The number of nitrogens with zero attached hydrogens (tertiary/aromatic N) is 2. The maximum atomic E-state index is 11.9. The number of anilines is 2. The summed E-state index contributed by atoms with van der Waals surface area (Å²) in [6.45, 7) is 3.76. The number of aryl methyl sites for hydroxylation is 2. The van der Waals surface area contributed by atoms with E-state index in [1.165, 1.54) is 11.3 Å². The van der Waals surface area contributed by atoms with E-state index in [0.717, 1.165) is 12.1 Å².